The van der Waals surface area contributed by atoms with Gasteiger partial charge in [0.1, 0.15) is 17.4 Å². The summed E-state index contributed by atoms with van der Waals surface area (Å²) in [5.74, 6) is -0.755. The minimum atomic E-state index is -0.835. The van der Waals surface area contributed by atoms with E-state index in [1.54, 1.807) is 6.08 Å². The highest BCUT2D eigenvalue weighted by molar-refractivity contribution is 7.99. The Morgan fingerprint density at radius 1 is 1.27 bits per heavy atom. The van der Waals surface area contributed by atoms with Crippen LogP contribution < -0.4 is 10.1 Å². The van der Waals surface area contributed by atoms with Crippen LogP contribution in [0.15, 0.2) is 60.3 Å². The van der Waals surface area contributed by atoms with E-state index in [9.17, 15) is 13.6 Å². The number of hydrogen-bond donors (Lipinski definition) is 1. The number of nitrogens with zero attached hydrogens (tertiary/aromatic N) is 3. The molecule has 2 aromatic carbocycles. The molecule has 30 heavy (non-hydrogen) atoms. The van der Waals surface area contributed by atoms with Crippen molar-refractivity contribution in [3.05, 3.63) is 66.8 Å². The molecular weight excluding hydrogens is 410 g/mol. The molecule has 0 saturated carbocycles. The maximum Gasteiger partial charge on any atom is 0.234 e. The summed E-state index contributed by atoms with van der Waals surface area (Å²) in [6, 6.07) is 10.5. The van der Waals surface area contributed by atoms with Crippen LogP contribution in [0.2, 0.25) is 0 Å². The molecule has 0 atom stereocenters. The zero-order valence-corrected chi connectivity index (χ0v) is 17.1. The monoisotopic (exact) mass is 430 g/mol. The number of thioether (sulfide) groups is 1. The molecule has 1 heterocycles. The third-order valence-electron chi connectivity index (χ3n) is 3.99. The van der Waals surface area contributed by atoms with Gasteiger partial charge in [-0.05, 0) is 31.2 Å². The summed E-state index contributed by atoms with van der Waals surface area (Å²) in [5, 5.41) is 11.4. The fourth-order valence-corrected chi connectivity index (χ4v) is 3.48. The maximum absolute atomic E-state index is 13.7. The van der Waals surface area contributed by atoms with Crippen molar-refractivity contribution in [1.82, 2.24) is 14.8 Å². The van der Waals surface area contributed by atoms with Crippen LogP contribution in [0.4, 0.5) is 14.5 Å². The number of amides is 1. The molecule has 0 fully saturated rings. The molecule has 0 bridgehead atoms. The van der Waals surface area contributed by atoms with Crippen LogP contribution in [0, 0.1) is 11.6 Å². The Hall–Kier alpha value is -3.20. The van der Waals surface area contributed by atoms with Crippen LogP contribution in [0.3, 0.4) is 0 Å². The zero-order chi connectivity index (χ0) is 21.5. The standard InChI is InChI=1S/C21H20F2N4O2S/c1-3-11-27-20(15-7-5-6-8-18(15)29-4-2)25-26-21(27)30-13-19(28)24-17-10-9-14(22)12-16(17)23/h3,5-10,12H,1,4,11,13H2,2H3,(H,24,28). The molecule has 156 valence electrons. The van der Waals surface area contributed by atoms with E-state index < -0.39 is 17.5 Å². The molecule has 3 aromatic rings. The quantitative estimate of drug-likeness (QED) is 0.399. The summed E-state index contributed by atoms with van der Waals surface area (Å²) in [6.45, 7) is 6.61. The van der Waals surface area contributed by atoms with Gasteiger partial charge in [-0.15, -0.1) is 16.8 Å². The zero-order valence-electron chi connectivity index (χ0n) is 16.3. The third kappa shape index (κ3) is 5.04. The van der Waals surface area contributed by atoms with E-state index in [2.05, 4.69) is 22.1 Å². The third-order valence-corrected chi connectivity index (χ3v) is 4.96. The highest BCUT2D eigenvalue weighted by Crippen LogP contribution is 2.31. The van der Waals surface area contributed by atoms with E-state index in [0.717, 1.165) is 23.4 Å². The first-order valence-electron chi connectivity index (χ1n) is 9.17. The number of para-hydroxylation sites is 1. The van der Waals surface area contributed by atoms with E-state index in [0.29, 0.717) is 35.9 Å². The molecule has 0 aliphatic heterocycles. The fourth-order valence-electron chi connectivity index (χ4n) is 2.73. The topological polar surface area (TPSA) is 69.0 Å². The average molecular weight is 430 g/mol. The first kappa shape index (κ1) is 21.5. The van der Waals surface area contributed by atoms with Gasteiger partial charge in [-0.25, -0.2) is 8.78 Å². The molecule has 0 radical (unpaired) electrons. The van der Waals surface area contributed by atoms with E-state index in [-0.39, 0.29) is 11.4 Å². The van der Waals surface area contributed by atoms with Crippen molar-refractivity contribution in [3.63, 3.8) is 0 Å². The predicted molar refractivity (Wildman–Crippen MR) is 113 cm³/mol. The number of allylic oxidation sites excluding steroid dienone is 1. The van der Waals surface area contributed by atoms with Gasteiger partial charge in [-0.2, -0.15) is 0 Å². The number of anilines is 1. The van der Waals surface area contributed by atoms with Gasteiger partial charge in [0.25, 0.3) is 0 Å². The Morgan fingerprint density at radius 2 is 2.07 bits per heavy atom. The SMILES string of the molecule is C=CCn1c(SCC(=O)Nc2ccc(F)cc2F)nnc1-c1ccccc1OCC. The van der Waals surface area contributed by atoms with Crippen molar-refractivity contribution in [1.29, 1.82) is 0 Å². The second-order valence-electron chi connectivity index (χ2n) is 6.10. The molecule has 0 aliphatic rings. The van der Waals surface area contributed by atoms with E-state index in [1.807, 2.05) is 35.8 Å². The van der Waals surface area contributed by atoms with Crippen molar-refractivity contribution < 1.29 is 18.3 Å². The van der Waals surface area contributed by atoms with Crippen molar-refractivity contribution in [2.75, 3.05) is 17.7 Å². The number of benzene rings is 2. The van der Waals surface area contributed by atoms with Gasteiger partial charge in [0.2, 0.25) is 5.91 Å². The Kier molecular flexibility index (Phi) is 7.18. The maximum atomic E-state index is 13.7. The first-order valence-corrected chi connectivity index (χ1v) is 10.2. The Labute approximate surface area is 177 Å². The Balaban J connectivity index is 1.77. The number of halogens is 2. The van der Waals surface area contributed by atoms with Crippen molar-refractivity contribution in [2.24, 2.45) is 0 Å². The highest BCUT2D eigenvalue weighted by Gasteiger charge is 2.18. The van der Waals surface area contributed by atoms with Crippen LogP contribution in [0.25, 0.3) is 11.4 Å². The van der Waals surface area contributed by atoms with Crippen molar-refractivity contribution in [2.45, 2.75) is 18.6 Å². The van der Waals surface area contributed by atoms with Gasteiger partial charge >= 0.3 is 0 Å². The Bertz CT molecular complexity index is 1060. The van der Waals surface area contributed by atoms with Crippen molar-refractivity contribution >= 4 is 23.4 Å². The van der Waals surface area contributed by atoms with Crippen LogP contribution in [0.1, 0.15) is 6.92 Å². The fraction of sp³-hybridized carbons (Fsp3) is 0.190. The van der Waals surface area contributed by atoms with Gasteiger partial charge in [0, 0.05) is 12.6 Å². The molecule has 1 aromatic heterocycles. The van der Waals surface area contributed by atoms with Gasteiger partial charge in [-0.3, -0.25) is 9.36 Å². The summed E-state index contributed by atoms with van der Waals surface area (Å²) in [5.41, 5.74) is 0.694. The second kappa shape index (κ2) is 10.0. The number of aromatic nitrogens is 3. The largest absolute Gasteiger partial charge is 0.493 e. The highest BCUT2D eigenvalue weighted by atomic mass is 32.2. The molecule has 9 heteroatoms. The van der Waals surface area contributed by atoms with E-state index in [4.69, 9.17) is 4.74 Å². The molecular formula is C21H20F2N4O2S. The van der Waals surface area contributed by atoms with E-state index >= 15 is 0 Å². The number of hydrogen-bond acceptors (Lipinski definition) is 5. The molecule has 0 spiro atoms. The predicted octanol–water partition coefficient (Wildman–Crippen LogP) is 4.54. The number of ether oxygens (including phenoxy) is 1. The molecule has 6 nitrogen and oxygen atoms in total. The van der Waals surface area contributed by atoms with E-state index in [1.165, 1.54) is 6.07 Å². The number of nitrogens with one attached hydrogen (secondary N) is 1. The number of carbonyl (C=O) groups is 1. The van der Waals surface area contributed by atoms with Gasteiger partial charge in [0.15, 0.2) is 11.0 Å². The smallest absolute Gasteiger partial charge is 0.234 e. The summed E-state index contributed by atoms with van der Waals surface area (Å²) in [7, 11) is 0. The minimum absolute atomic E-state index is 0.0286. The van der Waals surface area contributed by atoms with Crippen LogP contribution >= 0.6 is 11.8 Å². The lowest BCUT2D eigenvalue weighted by atomic mass is 10.2. The summed E-state index contributed by atoms with van der Waals surface area (Å²) >= 11 is 1.15. The minimum Gasteiger partial charge on any atom is -0.493 e. The first-order chi connectivity index (χ1) is 14.5. The number of rotatable bonds is 9. The summed E-state index contributed by atoms with van der Waals surface area (Å²) in [4.78, 5) is 12.2. The Morgan fingerprint density at radius 3 is 2.80 bits per heavy atom. The molecule has 0 unspecified atom stereocenters. The van der Waals surface area contributed by atoms with Gasteiger partial charge < -0.3 is 10.1 Å². The average Bonchev–Trinajstić information content (AvgIpc) is 3.12. The summed E-state index contributed by atoms with van der Waals surface area (Å²) < 4.78 is 34.2. The van der Waals surface area contributed by atoms with Gasteiger partial charge in [0.05, 0.1) is 23.6 Å². The molecule has 3 rings (SSSR count). The molecule has 1 amide bonds. The lowest BCUT2D eigenvalue weighted by molar-refractivity contribution is -0.113. The van der Waals surface area contributed by atoms with Crippen LogP contribution in [0.5, 0.6) is 5.75 Å². The lowest BCUT2D eigenvalue weighted by Gasteiger charge is -2.11. The van der Waals surface area contributed by atoms with Crippen molar-refractivity contribution in [3.8, 4) is 17.1 Å². The lowest BCUT2D eigenvalue weighted by Crippen LogP contribution is -2.15. The molecule has 0 aliphatic carbocycles. The van der Waals surface area contributed by atoms with Gasteiger partial charge in [-0.1, -0.05) is 30.0 Å². The van der Waals surface area contributed by atoms with Crippen LogP contribution in [-0.4, -0.2) is 33.0 Å². The molecule has 0 saturated heterocycles. The second-order valence-corrected chi connectivity index (χ2v) is 7.04. The van der Waals surface area contributed by atoms with Crippen LogP contribution in [-0.2, 0) is 11.3 Å². The normalized spacial score (nSPS) is 10.6. The molecule has 1 N–H and O–H groups in total. The number of carbonyl (C=O) groups excluding carboxylic acids is 1. The summed E-state index contributed by atoms with van der Waals surface area (Å²) in [6.07, 6.45) is 1.70.